The van der Waals surface area contributed by atoms with Gasteiger partial charge in [0.15, 0.2) is 12.6 Å². The van der Waals surface area contributed by atoms with Gasteiger partial charge in [0.1, 0.15) is 42.7 Å². The molecule has 29 heavy (non-hydrogen) atoms. The van der Waals surface area contributed by atoms with Crippen molar-refractivity contribution in [3.05, 3.63) is 35.9 Å². The Kier molecular flexibility index (Phi) is 7.57. The fourth-order valence-corrected chi connectivity index (χ4v) is 3.29. The lowest BCUT2D eigenvalue weighted by molar-refractivity contribution is -0.327. The van der Waals surface area contributed by atoms with Crippen molar-refractivity contribution in [2.75, 3.05) is 13.2 Å². The van der Waals surface area contributed by atoms with Crippen LogP contribution in [0.1, 0.15) is 18.6 Å². The summed E-state index contributed by atoms with van der Waals surface area (Å²) >= 11 is 0. The Morgan fingerprint density at radius 2 is 1.55 bits per heavy atom. The van der Waals surface area contributed by atoms with Gasteiger partial charge in [-0.3, -0.25) is 0 Å². The third-order valence-corrected chi connectivity index (χ3v) is 5.15. The van der Waals surface area contributed by atoms with Gasteiger partial charge in [0.25, 0.3) is 0 Å². The van der Waals surface area contributed by atoms with Crippen molar-refractivity contribution in [1.82, 2.24) is 0 Å². The molecule has 1 aromatic rings. The number of ether oxygens (including phenoxy) is 4. The van der Waals surface area contributed by atoms with E-state index in [0.29, 0.717) is 0 Å². The maximum absolute atomic E-state index is 10.2. The molecule has 10 heteroatoms. The lowest BCUT2D eigenvalue weighted by Crippen LogP contribution is -2.60. The average Bonchev–Trinajstić information content (AvgIpc) is 2.73. The normalized spacial score (nSPS) is 41.8. The highest BCUT2D eigenvalue weighted by atomic mass is 16.7. The van der Waals surface area contributed by atoms with Crippen molar-refractivity contribution in [1.29, 1.82) is 0 Å². The molecule has 10 unspecified atom stereocenters. The number of rotatable bonds is 6. The standard InChI is InChI=1S/C19H28O10/c1-9(10-5-3-2-4-6-10)28-19-17(25)15(23)14(22)12(29-19)8-27-18-16(24)13(21)11(20)7-26-18/h2-6,9,11-25H,7-8H2,1H3. The average molecular weight is 416 g/mol. The van der Waals surface area contributed by atoms with Gasteiger partial charge in [0.05, 0.1) is 19.3 Å². The van der Waals surface area contributed by atoms with E-state index in [1.807, 2.05) is 30.3 Å². The van der Waals surface area contributed by atoms with E-state index in [0.717, 1.165) is 5.56 Å². The second kappa shape index (κ2) is 9.75. The third-order valence-electron chi connectivity index (χ3n) is 5.15. The van der Waals surface area contributed by atoms with E-state index in [9.17, 15) is 30.6 Å². The van der Waals surface area contributed by atoms with Crippen molar-refractivity contribution in [3.63, 3.8) is 0 Å². The number of aliphatic hydroxyl groups is 6. The Labute approximate surface area is 167 Å². The summed E-state index contributed by atoms with van der Waals surface area (Å²) in [6, 6.07) is 9.21. The molecule has 164 valence electrons. The van der Waals surface area contributed by atoms with E-state index in [1.54, 1.807) is 6.92 Å². The molecule has 0 spiro atoms. The SMILES string of the molecule is CC(OC1OC(COC2OCC(O)C(O)C2O)C(O)C(O)C1O)c1ccccc1. The van der Waals surface area contributed by atoms with Gasteiger partial charge in [0, 0.05) is 0 Å². The molecule has 0 bridgehead atoms. The second-order valence-electron chi connectivity index (χ2n) is 7.29. The summed E-state index contributed by atoms with van der Waals surface area (Å²) in [7, 11) is 0. The van der Waals surface area contributed by atoms with Crippen molar-refractivity contribution in [2.45, 2.75) is 68.3 Å². The van der Waals surface area contributed by atoms with Crippen LogP contribution in [0, 0.1) is 0 Å². The Bertz CT molecular complexity index is 631. The lowest BCUT2D eigenvalue weighted by Gasteiger charge is -2.42. The number of hydrogen-bond acceptors (Lipinski definition) is 10. The molecule has 0 amide bonds. The molecule has 0 saturated carbocycles. The van der Waals surface area contributed by atoms with Gasteiger partial charge in [-0.1, -0.05) is 30.3 Å². The summed E-state index contributed by atoms with van der Waals surface area (Å²) in [6.07, 6.45) is -12.7. The van der Waals surface area contributed by atoms with Crippen LogP contribution < -0.4 is 0 Å². The number of hydrogen-bond donors (Lipinski definition) is 6. The summed E-state index contributed by atoms with van der Waals surface area (Å²) in [5.74, 6) is 0. The molecule has 2 heterocycles. The summed E-state index contributed by atoms with van der Waals surface area (Å²) in [5.41, 5.74) is 0.836. The highest BCUT2D eigenvalue weighted by Gasteiger charge is 2.46. The Balaban J connectivity index is 1.60. The van der Waals surface area contributed by atoms with Crippen LogP contribution in [-0.2, 0) is 18.9 Å². The minimum Gasteiger partial charge on any atom is -0.388 e. The minimum absolute atomic E-state index is 0.237. The third kappa shape index (κ3) is 5.12. The quantitative estimate of drug-likeness (QED) is 0.307. The summed E-state index contributed by atoms with van der Waals surface area (Å²) in [5, 5.41) is 59.7. The molecule has 2 aliphatic rings. The molecule has 10 atom stereocenters. The number of benzene rings is 1. The molecule has 2 fully saturated rings. The zero-order valence-corrected chi connectivity index (χ0v) is 15.9. The predicted octanol–water partition coefficient (Wildman–Crippen LogP) is -1.97. The Morgan fingerprint density at radius 3 is 2.24 bits per heavy atom. The smallest absolute Gasteiger partial charge is 0.187 e. The molecule has 0 radical (unpaired) electrons. The fourth-order valence-electron chi connectivity index (χ4n) is 3.29. The van der Waals surface area contributed by atoms with Crippen LogP contribution in [0.5, 0.6) is 0 Å². The largest absolute Gasteiger partial charge is 0.388 e. The molecule has 2 saturated heterocycles. The molecule has 6 N–H and O–H groups in total. The molecular formula is C19H28O10. The van der Waals surface area contributed by atoms with Gasteiger partial charge in [-0.25, -0.2) is 0 Å². The van der Waals surface area contributed by atoms with E-state index in [2.05, 4.69) is 0 Å². The van der Waals surface area contributed by atoms with Gasteiger partial charge < -0.3 is 49.6 Å². The first-order chi connectivity index (χ1) is 13.8. The van der Waals surface area contributed by atoms with E-state index in [-0.39, 0.29) is 13.2 Å². The van der Waals surface area contributed by atoms with Crippen LogP contribution in [-0.4, -0.2) is 99.2 Å². The van der Waals surface area contributed by atoms with Gasteiger partial charge >= 0.3 is 0 Å². The molecule has 10 nitrogen and oxygen atoms in total. The van der Waals surface area contributed by atoms with Crippen molar-refractivity contribution in [2.24, 2.45) is 0 Å². The van der Waals surface area contributed by atoms with Crippen LogP contribution in [0.3, 0.4) is 0 Å². The van der Waals surface area contributed by atoms with Crippen molar-refractivity contribution >= 4 is 0 Å². The van der Waals surface area contributed by atoms with Gasteiger partial charge in [-0.15, -0.1) is 0 Å². The van der Waals surface area contributed by atoms with Crippen LogP contribution in [0.15, 0.2) is 30.3 Å². The van der Waals surface area contributed by atoms with Crippen LogP contribution in [0.4, 0.5) is 0 Å². The summed E-state index contributed by atoms with van der Waals surface area (Å²) in [6.45, 7) is 1.20. The van der Waals surface area contributed by atoms with Gasteiger partial charge in [-0.05, 0) is 12.5 Å². The van der Waals surface area contributed by atoms with Crippen LogP contribution in [0.2, 0.25) is 0 Å². The van der Waals surface area contributed by atoms with Gasteiger partial charge in [0.2, 0.25) is 0 Å². The molecule has 3 rings (SSSR count). The van der Waals surface area contributed by atoms with E-state index < -0.39 is 61.4 Å². The zero-order valence-electron chi connectivity index (χ0n) is 15.9. The molecule has 0 aromatic heterocycles. The van der Waals surface area contributed by atoms with E-state index >= 15 is 0 Å². The topological polar surface area (TPSA) is 158 Å². The molecule has 2 aliphatic heterocycles. The second-order valence-corrected chi connectivity index (χ2v) is 7.29. The first-order valence-corrected chi connectivity index (χ1v) is 9.47. The molecule has 0 aliphatic carbocycles. The maximum Gasteiger partial charge on any atom is 0.187 e. The van der Waals surface area contributed by atoms with E-state index in [1.165, 1.54) is 0 Å². The predicted molar refractivity (Wildman–Crippen MR) is 96.3 cm³/mol. The lowest BCUT2D eigenvalue weighted by atomic mass is 9.99. The molecule has 1 aromatic carbocycles. The zero-order chi connectivity index (χ0) is 21.1. The fraction of sp³-hybridized carbons (Fsp3) is 0.684. The van der Waals surface area contributed by atoms with Gasteiger partial charge in [-0.2, -0.15) is 0 Å². The van der Waals surface area contributed by atoms with Crippen molar-refractivity contribution < 1.29 is 49.6 Å². The Morgan fingerprint density at radius 1 is 0.897 bits per heavy atom. The highest BCUT2D eigenvalue weighted by molar-refractivity contribution is 5.16. The minimum atomic E-state index is -1.55. The van der Waals surface area contributed by atoms with Crippen molar-refractivity contribution in [3.8, 4) is 0 Å². The summed E-state index contributed by atoms with van der Waals surface area (Å²) in [4.78, 5) is 0. The number of aliphatic hydroxyl groups excluding tert-OH is 6. The Hall–Kier alpha value is -1.18. The summed E-state index contributed by atoms with van der Waals surface area (Å²) < 4.78 is 21.8. The maximum atomic E-state index is 10.2. The molecular weight excluding hydrogens is 388 g/mol. The monoisotopic (exact) mass is 416 g/mol. The first kappa shape index (κ1) is 22.5. The van der Waals surface area contributed by atoms with Crippen LogP contribution >= 0.6 is 0 Å². The van der Waals surface area contributed by atoms with Crippen LogP contribution in [0.25, 0.3) is 0 Å². The first-order valence-electron chi connectivity index (χ1n) is 9.47. The van der Waals surface area contributed by atoms with E-state index in [4.69, 9.17) is 18.9 Å². The highest BCUT2D eigenvalue weighted by Crippen LogP contribution is 2.28.